The van der Waals surface area contributed by atoms with E-state index in [-0.39, 0.29) is 17.1 Å². The van der Waals surface area contributed by atoms with E-state index in [9.17, 15) is 9.90 Å². The van der Waals surface area contributed by atoms with Gasteiger partial charge in [0.2, 0.25) is 5.91 Å². The van der Waals surface area contributed by atoms with Crippen molar-refractivity contribution in [2.45, 2.75) is 136 Å². The van der Waals surface area contributed by atoms with Gasteiger partial charge in [0.05, 0.1) is 0 Å². The van der Waals surface area contributed by atoms with Crippen molar-refractivity contribution in [2.75, 3.05) is 5.32 Å². The Morgan fingerprint density at radius 1 is 0.774 bits per heavy atom. The van der Waals surface area contributed by atoms with Crippen LogP contribution < -0.4 is 5.32 Å². The topological polar surface area (TPSA) is 49.3 Å². The Kier molecular flexibility index (Phi) is 14.4. The molecule has 3 nitrogen and oxygen atoms in total. The molecule has 0 aliphatic carbocycles. The molecule has 3 heteroatoms. The zero-order valence-electron chi connectivity index (χ0n) is 20.9. The van der Waals surface area contributed by atoms with E-state index in [1.54, 1.807) is 12.1 Å². The van der Waals surface area contributed by atoms with Crippen LogP contribution in [-0.2, 0) is 10.2 Å². The maximum atomic E-state index is 12.2. The summed E-state index contributed by atoms with van der Waals surface area (Å²) in [4.78, 5) is 12.2. The summed E-state index contributed by atoms with van der Waals surface area (Å²) in [6.07, 6.45) is 20.6. The van der Waals surface area contributed by atoms with E-state index in [0.717, 1.165) is 24.1 Å². The molecule has 0 bridgehead atoms. The van der Waals surface area contributed by atoms with Gasteiger partial charge in [-0.25, -0.2) is 0 Å². The Morgan fingerprint density at radius 3 is 1.68 bits per heavy atom. The highest BCUT2D eigenvalue weighted by Crippen LogP contribution is 2.32. The van der Waals surface area contributed by atoms with Gasteiger partial charge in [0.15, 0.2) is 0 Å². The van der Waals surface area contributed by atoms with Gasteiger partial charge in [0, 0.05) is 17.7 Å². The third kappa shape index (κ3) is 13.5. The Balaban J connectivity index is 2.00. The fraction of sp³-hybridized carbons (Fsp3) is 0.750. The van der Waals surface area contributed by atoms with Crippen LogP contribution in [0.25, 0.3) is 0 Å². The number of rotatable bonds is 17. The molecule has 0 radical (unpaired) electrons. The van der Waals surface area contributed by atoms with Crippen LogP contribution in [0.2, 0.25) is 0 Å². The van der Waals surface area contributed by atoms with Crippen LogP contribution in [0.4, 0.5) is 5.69 Å². The number of hydrogen-bond acceptors (Lipinski definition) is 2. The van der Waals surface area contributed by atoms with Crippen molar-refractivity contribution in [3.63, 3.8) is 0 Å². The lowest BCUT2D eigenvalue weighted by Gasteiger charge is -2.21. The standard InChI is InChI=1S/C28H49NO2/c1-5-6-7-8-9-10-11-12-13-14-15-16-17-18-19-20-27(31)29-24-21-22-26(30)25(23-24)28(2,3)4/h21-23,30H,5-20H2,1-4H3,(H,29,31). The van der Waals surface area contributed by atoms with E-state index in [1.165, 1.54) is 83.5 Å². The number of carbonyl (C=O) groups excluding carboxylic acids is 1. The first-order valence-corrected chi connectivity index (χ1v) is 13.0. The van der Waals surface area contributed by atoms with E-state index in [1.807, 2.05) is 6.07 Å². The number of unbranched alkanes of at least 4 members (excludes halogenated alkanes) is 14. The van der Waals surface area contributed by atoms with Crippen molar-refractivity contribution in [1.82, 2.24) is 0 Å². The summed E-state index contributed by atoms with van der Waals surface area (Å²) in [5.41, 5.74) is 1.48. The largest absolute Gasteiger partial charge is 0.508 e. The third-order valence-corrected chi connectivity index (χ3v) is 6.10. The average molecular weight is 432 g/mol. The lowest BCUT2D eigenvalue weighted by Crippen LogP contribution is -2.14. The van der Waals surface area contributed by atoms with Crippen LogP contribution in [0.15, 0.2) is 18.2 Å². The molecule has 0 aliphatic heterocycles. The summed E-state index contributed by atoms with van der Waals surface area (Å²) < 4.78 is 0. The maximum absolute atomic E-state index is 12.2. The van der Waals surface area contributed by atoms with Crippen molar-refractivity contribution < 1.29 is 9.90 Å². The second kappa shape index (κ2) is 16.2. The Morgan fingerprint density at radius 2 is 1.23 bits per heavy atom. The van der Waals surface area contributed by atoms with E-state index in [4.69, 9.17) is 0 Å². The number of nitrogens with one attached hydrogen (secondary N) is 1. The predicted molar refractivity (Wildman–Crippen MR) is 135 cm³/mol. The van der Waals surface area contributed by atoms with Gasteiger partial charge in [-0.3, -0.25) is 4.79 Å². The van der Waals surface area contributed by atoms with Crippen molar-refractivity contribution in [3.05, 3.63) is 23.8 Å². The first kappa shape index (κ1) is 27.5. The number of benzene rings is 1. The molecular formula is C28H49NO2. The zero-order chi connectivity index (χ0) is 23.0. The van der Waals surface area contributed by atoms with Crippen LogP contribution >= 0.6 is 0 Å². The summed E-state index contributed by atoms with van der Waals surface area (Å²) in [7, 11) is 0. The number of phenols is 1. The summed E-state index contributed by atoms with van der Waals surface area (Å²) in [5.74, 6) is 0.355. The van der Waals surface area contributed by atoms with Gasteiger partial charge in [-0.2, -0.15) is 0 Å². The molecule has 178 valence electrons. The fourth-order valence-electron chi connectivity index (χ4n) is 4.09. The number of aromatic hydroxyl groups is 1. The van der Waals surface area contributed by atoms with Gasteiger partial charge in [0.25, 0.3) is 0 Å². The smallest absolute Gasteiger partial charge is 0.224 e. The number of carbonyl (C=O) groups is 1. The number of anilines is 1. The van der Waals surface area contributed by atoms with Crippen LogP contribution in [0.3, 0.4) is 0 Å². The molecule has 0 fully saturated rings. The molecule has 1 aromatic carbocycles. The molecule has 0 atom stereocenters. The van der Waals surface area contributed by atoms with Gasteiger partial charge in [-0.15, -0.1) is 0 Å². The molecule has 0 spiro atoms. The van der Waals surface area contributed by atoms with Crippen molar-refractivity contribution in [3.8, 4) is 5.75 Å². The Hall–Kier alpha value is -1.51. The quantitative estimate of drug-likeness (QED) is 0.191. The second-order valence-corrected chi connectivity index (χ2v) is 10.2. The van der Waals surface area contributed by atoms with E-state index in [0.29, 0.717) is 6.42 Å². The highest BCUT2D eigenvalue weighted by Gasteiger charge is 2.18. The highest BCUT2D eigenvalue weighted by atomic mass is 16.3. The zero-order valence-corrected chi connectivity index (χ0v) is 20.9. The normalized spacial score (nSPS) is 11.6. The van der Waals surface area contributed by atoms with Crippen molar-refractivity contribution in [1.29, 1.82) is 0 Å². The highest BCUT2D eigenvalue weighted by molar-refractivity contribution is 5.90. The molecule has 1 amide bonds. The van der Waals surface area contributed by atoms with Gasteiger partial charge in [-0.05, 0) is 30.0 Å². The number of phenolic OH excluding ortho intramolecular Hbond substituents is 1. The summed E-state index contributed by atoms with van der Waals surface area (Å²) in [5, 5.41) is 13.0. The van der Waals surface area contributed by atoms with Crippen molar-refractivity contribution >= 4 is 11.6 Å². The predicted octanol–water partition coefficient (Wildman–Crippen LogP) is 8.89. The molecular weight excluding hydrogens is 382 g/mol. The Labute approximate surface area is 192 Å². The molecule has 0 saturated carbocycles. The number of amides is 1. The van der Waals surface area contributed by atoms with Crippen LogP contribution in [0.5, 0.6) is 5.75 Å². The molecule has 0 aliphatic rings. The van der Waals surface area contributed by atoms with Crippen LogP contribution in [-0.4, -0.2) is 11.0 Å². The average Bonchev–Trinajstić information content (AvgIpc) is 2.71. The maximum Gasteiger partial charge on any atom is 0.224 e. The summed E-state index contributed by atoms with van der Waals surface area (Å²) in [6, 6.07) is 5.33. The second-order valence-electron chi connectivity index (χ2n) is 10.2. The first-order chi connectivity index (χ1) is 14.8. The van der Waals surface area contributed by atoms with E-state index < -0.39 is 0 Å². The minimum absolute atomic E-state index is 0.0697. The van der Waals surface area contributed by atoms with Crippen LogP contribution in [0.1, 0.15) is 136 Å². The SMILES string of the molecule is CCCCCCCCCCCCCCCCCC(=O)Nc1ccc(O)c(C(C)(C)C)c1. The molecule has 0 unspecified atom stereocenters. The van der Waals surface area contributed by atoms with E-state index >= 15 is 0 Å². The van der Waals surface area contributed by atoms with Gasteiger partial charge < -0.3 is 10.4 Å². The number of hydrogen-bond donors (Lipinski definition) is 2. The molecule has 0 aromatic heterocycles. The third-order valence-electron chi connectivity index (χ3n) is 6.10. The lowest BCUT2D eigenvalue weighted by molar-refractivity contribution is -0.116. The fourth-order valence-corrected chi connectivity index (χ4v) is 4.09. The molecule has 1 aromatic rings. The first-order valence-electron chi connectivity index (χ1n) is 13.0. The molecule has 0 saturated heterocycles. The minimum Gasteiger partial charge on any atom is -0.508 e. The van der Waals surface area contributed by atoms with Gasteiger partial charge in [-0.1, -0.05) is 118 Å². The van der Waals surface area contributed by atoms with Gasteiger partial charge >= 0.3 is 0 Å². The minimum atomic E-state index is -0.154. The van der Waals surface area contributed by atoms with Crippen LogP contribution in [0, 0.1) is 0 Å². The molecule has 31 heavy (non-hydrogen) atoms. The summed E-state index contributed by atoms with van der Waals surface area (Å²) >= 11 is 0. The molecule has 0 heterocycles. The molecule has 2 N–H and O–H groups in total. The Bertz CT molecular complexity index is 604. The summed E-state index contributed by atoms with van der Waals surface area (Å²) in [6.45, 7) is 8.45. The lowest BCUT2D eigenvalue weighted by atomic mass is 9.86. The molecule has 1 rings (SSSR count). The van der Waals surface area contributed by atoms with Crippen molar-refractivity contribution in [2.24, 2.45) is 0 Å². The van der Waals surface area contributed by atoms with Gasteiger partial charge in [0.1, 0.15) is 5.75 Å². The monoisotopic (exact) mass is 431 g/mol. The van der Waals surface area contributed by atoms with E-state index in [2.05, 4.69) is 33.0 Å².